The number of benzene rings is 1. The Morgan fingerprint density at radius 2 is 1.83 bits per heavy atom. The first-order chi connectivity index (χ1) is 10.4. The molecule has 0 fully saturated rings. The average molecular weight is 387 g/mol. The van der Waals surface area contributed by atoms with Crippen molar-refractivity contribution in [1.82, 2.24) is 4.72 Å². The van der Waals surface area contributed by atoms with Crippen LogP contribution in [0.25, 0.3) is 0 Å². The Bertz CT molecular complexity index is 597. The zero-order chi connectivity index (χ0) is 16.8. The van der Waals surface area contributed by atoms with Gasteiger partial charge in [-0.2, -0.15) is 0 Å². The van der Waals surface area contributed by atoms with Crippen LogP contribution in [0.2, 0.25) is 5.02 Å². The molecule has 0 heterocycles. The highest BCUT2D eigenvalue weighted by atomic mass is 35.5. The second kappa shape index (κ2) is 10.2. The Morgan fingerprint density at radius 3 is 2.30 bits per heavy atom. The molecule has 1 unspecified atom stereocenters. The molecule has 23 heavy (non-hydrogen) atoms. The van der Waals surface area contributed by atoms with Gasteiger partial charge in [0.2, 0.25) is 10.0 Å². The third-order valence-corrected chi connectivity index (χ3v) is 5.23. The van der Waals surface area contributed by atoms with Crippen molar-refractivity contribution in [2.75, 3.05) is 20.8 Å². The minimum Gasteiger partial charge on any atom is -0.493 e. The van der Waals surface area contributed by atoms with Gasteiger partial charge >= 0.3 is 0 Å². The molecular formula is C14H24Cl2N2O4S. The molecule has 1 aromatic rings. The van der Waals surface area contributed by atoms with Crippen molar-refractivity contribution in [3.63, 3.8) is 0 Å². The van der Waals surface area contributed by atoms with Crippen molar-refractivity contribution in [2.45, 2.75) is 37.1 Å². The summed E-state index contributed by atoms with van der Waals surface area (Å²) in [6, 6.07) is 2.43. The predicted molar refractivity (Wildman–Crippen MR) is 94.5 cm³/mol. The maximum atomic E-state index is 12.5. The van der Waals surface area contributed by atoms with Gasteiger partial charge in [-0.1, -0.05) is 31.4 Å². The van der Waals surface area contributed by atoms with Gasteiger partial charge in [0.15, 0.2) is 11.5 Å². The van der Waals surface area contributed by atoms with Crippen molar-refractivity contribution in [3.05, 3.63) is 17.2 Å². The summed E-state index contributed by atoms with van der Waals surface area (Å²) in [5.74, 6) is 0.665. The van der Waals surface area contributed by atoms with Crippen molar-refractivity contribution in [3.8, 4) is 11.5 Å². The quantitative estimate of drug-likeness (QED) is 0.680. The molecule has 134 valence electrons. The van der Waals surface area contributed by atoms with Crippen molar-refractivity contribution in [1.29, 1.82) is 0 Å². The van der Waals surface area contributed by atoms with Gasteiger partial charge in [-0.3, -0.25) is 0 Å². The number of ether oxygens (including phenoxy) is 2. The van der Waals surface area contributed by atoms with Crippen LogP contribution < -0.4 is 19.9 Å². The Hall–Kier alpha value is -0.730. The number of hydrogen-bond acceptors (Lipinski definition) is 5. The molecule has 0 bridgehead atoms. The third-order valence-electron chi connectivity index (χ3n) is 3.24. The van der Waals surface area contributed by atoms with Gasteiger partial charge in [0.05, 0.1) is 19.2 Å². The molecular weight excluding hydrogens is 363 g/mol. The molecule has 0 amide bonds. The first kappa shape index (κ1) is 22.3. The lowest BCUT2D eigenvalue weighted by Gasteiger charge is -2.18. The summed E-state index contributed by atoms with van der Waals surface area (Å²) in [5.41, 5.74) is 5.63. The summed E-state index contributed by atoms with van der Waals surface area (Å²) in [5, 5.41) is 0.0661. The first-order valence-corrected chi connectivity index (χ1v) is 8.89. The fraction of sp³-hybridized carbons (Fsp3) is 0.571. The van der Waals surface area contributed by atoms with Crippen LogP contribution >= 0.6 is 24.0 Å². The molecule has 0 aliphatic carbocycles. The number of nitrogens with one attached hydrogen (secondary N) is 1. The van der Waals surface area contributed by atoms with Gasteiger partial charge < -0.3 is 15.2 Å². The Kier molecular flexibility index (Phi) is 9.88. The van der Waals surface area contributed by atoms with E-state index in [0.717, 1.165) is 12.8 Å². The maximum absolute atomic E-state index is 12.5. The number of rotatable bonds is 9. The lowest BCUT2D eigenvalue weighted by Crippen LogP contribution is -2.40. The van der Waals surface area contributed by atoms with Crippen molar-refractivity contribution >= 4 is 34.0 Å². The SMILES string of the molecule is CCCCC(CN)NS(=O)(=O)c1cc(OC)c(OC)cc1Cl.Cl. The molecule has 1 atom stereocenters. The van der Waals surface area contributed by atoms with Gasteiger partial charge in [0.1, 0.15) is 4.90 Å². The minimum absolute atomic E-state index is 0. The summed E-state index contributed by atoms with van der Waals surface area (Å²) >= 11 is 6.07. The van der Waals surface area contributed by atoms with E-state index in [0.29, 0.717) is 17.9 Å². The standard InChI is InChI=1S/C14H23ClN2O4S.ClH/c1-4-5-6-10(9-16)17-22(18,19)14-8-13(21-3)12(20-2)7-11(14)15;/h7-8,10,17H,4-6,9,16H2,1-3H3;1H. The normalized spacial score (nSPS) is 12.4. The second-order valence-electron chi connectivity index (χ2n) is 4.83. The van der Waals surface area contributed by atoms with Gasteiger partial charge in [-0.25, -0.2) is 13.1 Å². The molecule has 0 aliphatic rings. The smallest absolute Gasteiger partial charge is 0.242 e. The van der Waals surface area contributed by atoms with Gasteiger partial charge in [-0.15, -0.1) is 12.4 Å². The highest BCUT2D eigenvalue weighted by Crippen LogP contribution is 2.35. The second-order valence-corrected chi connectivity index (χ2v) is 6.92. The molecule has 0 radical (unpaired) electrons. The van der Waals surface area contributed by atoms with Gasteiger partial charge in [-0.05, 0) is 6.42 Å². The van der Waals surface area contributed by atoms with Crippen LogP contribution in [0.3, 0.4) is 0 Å². The number of halogens is 2. The van der Waals surface area contributed by atoms with Crippen LogP contribution in [0.1, 0.15) is 26.2 Å². The Morgan fingerprint density at radius 1 is 1.26 bits per heavy atom. The van der Waals surface area contributed by atoms with Crippen LogP contribution in [0, 0.1) is 0 Å². The molecule has 6 nitrogen and oxygen atoms in total. The molecule has 1 rings (SSSR count). The summed E-state index contributed by atoms with van der Waals surface area (Å²) in [6.45, 7) is 2.26. The Balaban J connectivity index is 0.00000484. The summed E-state index contributed by atoms with van der Waals surface area (Å²) in [6.07, 6.45) is 2.54. The lowest BCUT2D eigenvalue weighted by atomic mass is 10.1. The monoisotopic (exact) mass is 386 g/mol. The predicted octanol–water partition coefficient (Wildman–Crippen LogP) is 2.57. The highest BCUT2D eigenvalue weighted by Gasteiger charge is 2.24. The number of nitrogens with two attached hydrogens (primary N) is 1. The summed E-state index contributed by atoms with van der Waals surface area (Å²) in [7, 11) is -0.904. The minimum atomic E-state index is -3.79. The largest absolute Gasteiger partial charge is 0.493 e. The third kappa shape index (κ3) is 6.00. The van der Waals surface area contributed by atoms with E-state index in [1.807, 2.05) is 6.92 Å². The van der Waals surface area contributed by atoms with E-state index in [9.17, 15) is 8.42 Å². The van der Waals surface area contributed by atoms with E-state index in [1.165, 1.54) is 26.4 Å². The van der Waals surface area contributed by atoms with E-state index < -0.39 is 10.0 Å². The molecule has 0 saturated carbocycles. The molecule has 0 aliphatic heterocycles. The lowest BCUT2D eigenvalue weighted by molar-refractivity contribution is 0.354. The fourth-order valence-corrected chi connectivity index (χ4v) is 3.82. The molecule has 3 N–H and O–H groups in total. The van der Waals surface area contributed by atoms with Crippen LogP contribution in [0.5, 0.6) is 11.5 Å². The van der Waals surface area contributed by atoms with Gasteiger partial charge in [0.25, 0.3) is 0 Å². The van der Waals surface area contributed by atoms with Crippen molar-refractivity contribution < 1.29 is 17.9 Å². The summed E-state index contributed by atoms with van der Waals surface area (Å²) < 4.78 is 37.8. The topological polar surface area (TPSA) is 90.7 Å². The molecule has 1 aromatic carbocycles. The maximum Gasteiger partial charge on any atom is 0.242 e. The van der Waals surface area contributed by atoms with Crippen LogP contribution in [-0.4, -0.2) is 35.2 Å². The molecule has 0 aromatic heterocycles. The van der Waals surface area contributed by atoms with E-state index in [2.05, 4.69) is 4.72 Å². The molecule has 0 saturated heterocycles. The zero-order valence-corrected chi connectivity index (χ0v) is 15.9. The van der Waals surface area contributed by atoms with Gasteiger partial charge in [0, 0.05) is 24.7 Å². The van der Waals surface area contributed by atoms with Crippen LogP contribution in [0.15, 0.2) is 17.0 Å². The number of unbranched alkanes of at least 4 members (excludes halogenated alkanes) is 1. The van der Waals surface area contributed by atoms with E-state index in [-0.39, 0.29) is 34.9 Å². The molecule has 9 heteroatoms. The Labute approximate surface area is 149 Å². The highest BCUT2D eigenvalue weighted by molar-refractivity contribution is 7.89. The number of sulfonamides is 1. The number of hydrogen-bond donors (Lipinski definition) is 2. The zero-order valence-electron chi connectivity index (χ0n) is 13.5. The fourth-order valence-electron chi connectivity index (χ4n) is 2.00. The number of methoxy groups -OCH3 is 2. The first-order valence-electron chi connectivity index (χ1n) is 7.03. The van der Waals surface area contributed by atoms with E-state index in [4.69, 9.17) is 26.8 Å². The van der Waals surface area contributed by atoms with E-state index >= 15 is 0 Å². The summed E-state index contributed by atoms with van der Waals surface area (Å²) in [4.78, 5) is -0.0539. The van der Waals surface area contributed by atoms with Crippen molar-refractivity contribution in [2.24, 2.45) is 5.73 Å². The van der Waals surface area contributed by atoms with E-state index in [1.54, 1.807) is 0 Å². The van der Waals surface area contributed by atoms with Crippen LogP contribution in [0.4, 0.5) is 0 Å². The average Bonchev–Trinajstić information content (AvgIpc) is 2.50. The molecule has 0 spiro atoms. The van der Waals surface area contributed by atoms with Crippen LogP contribution in [-0.2, 0) is 10.0 Å².